The number of likely N-dealkylation sites (tertiary alicyclic amines) is 1. The van der Waals surface area contributed by atoms with Gasteiger partial charge in [-0.25, -0.2) is 0 Å². The van der Waals surface area contributed by atoms with E-state index in [1.54, 1.807) is 0 Å². The van der Waals surface area contributed by atoms with Gasteiger partial charge in [0, 0.05) is 31.8 Å². The molecule has 0 aliphatic carbocycles. The highest BCUT2D eigenvalue weighted by molar-refractivity contribution is 5.94. The van der Waals surface area contributed by atoms with Crippen LogP contribution in [0.15, 0.2) is 18.2 Å². The quantitative estimate of drug-likeness (QED) is 0.896. The summed E-state index contributed by atoms with van der Waals surface area (Å²) in [5, 5.41) is 12.9. The van der Waals surface area contributed by atoms with E-state index < -0.39 is 0 Å². The van der Waals surface area contributed by atoms with Crippen LogP contribution in [-0.2, 0) is 0 Å². The molecule has 0 saturated carbocycles. The number of amides is 1. The molecule has 2 saturated heterocycles. The lowest BCUT2D eigenvalue weighted by molar-refractivity contribution is 0.0625. The lowest BCUT2D eigenvalue weighted by Gasteiger charge is -2.36. The molecule has 2 aliphatic rings. The first-order valence-electron chi connectivity index (χ1n) is 8.78. The third kappa shape index (κ3) is 3.43. The van der Waals surface area contributed by atoms with Gasteiger partial charge in [-0.2, -0.15) is 0 Å². The lowest BCUT2D eigenvalue weighted by atomic mass is 9.78. The van der Waals surface area contributed by atoms with Crippen molar-refractivity contribution in [1.29, 1.82) is 0 Å². The average Bonchev–Trinajstić information content (AvgIpc) is 3.05. The molecule has 23 heavy (non-hydrogen) atoms. The zero-order valence-corrected chi connectivity index (χ0v) is 14.2. The molecule has 2 fully saturated rings. The molecule has 3 rings (SSSR count). The second-order valence-corrected chi connectivity index (χ2v) is 7.19. The average molecular weight is 316 g/mol. The first-order chi connectivity index (χ1) is 11.1. The monoisotopic (exact) mass is 316 g/mol. The maximum Gasteiger partial charge on any atom is 0.253 e. The van der Waals surface area contributed by atoms with Crippen LogP contribution < -0.4 is 5.32 Å². The van der Waals surface area contributed by atoms with Crippen LogP contribution in [0.3, 0.4) is 0 Å². The van der Waals surface area contributed by atoms with Gasteiger partial charge in [-0.05, 0) is 74.2 Å². The van der Waals surface area contributed by atoms with Gasteiger partial charge < -0.3 is 15.3 Å². The molecule has 4 nitrogen and oxygen atoms in total. The number of carbonyl (C=O) groups is 1. The van der Waals surface area contributed by atoms with Gasteiger partial charge in [0.25, 0.3) is 5.91 Å². The molecule has 2 heterocycles. The molecule has 0 radical (unpaired) electrons. The Balaban J connectivity index is 1.60. The van der Waals surface area contributed by atoms with Crippen molar-refractivity contribution in [3.8, 4) is 0 Å². The number of aliphatic hydroxyl groups is 1. The summed E-state index contributed by atoms with van der Waals surface area (Å²) < 4.78 is 0. The molecule has 0 bridgehead atoms. The first kappa shape index (κ1) is 16.5. The van der Waals surface area contributed by atoms with Crippen molar-refractivity contribution in [2.45, 2.75) is 26.7 Å². The van der Waals surface area contributed by atoms with Gasteiger partial charge in [-0.15, -0.1) is 0 Å². The van der Waals surface area contributed by atoms with Crippen LogP contribution in [0.5, 0.6) is 0 Å². The Hall–Kier alpha value is -1.39. The summed E-state index contributed by atoms with van der Waals surface area (Å²) in [4.78, 5) is 14.7. The Morgan fingerprint density at radius 1 is 1.22 bits per heavy atom. The number of rotatable bonds is 3. The fourth-order valence-corrected chi connectivity index (χ4v) is 4.09. The summed E-state index contributed by atoms with van der Waals surface area (Å²) in [7, 11) is 0. The van der Waals surface area contributed by atoms with Crippen molar-refractivity contribution < 1.29 is 9.90 Å². The molecule has 0 spiro atoms. The highest BCUT2D eigenvalue weighted by atomic mass is 16.3. The Morgan fingerprint density at radius 2 is 1.96 bits per heavy atom. The van der Waals surface area contributed by atoms with E-state index in [-0.39, 0.29) is 12.5 Å². The van der Waals surface area contributed by atoms with Crippen molar-refractivity contribution in [2.75, 3.05) is 32.8 Å². The Morgan fingerprint density at radius 3 is 2.61 bits per heavy atom. The van der Waals surface area contributed by atoms with E-state index in [2.05, 4.69) is 19.2 Å². The number of hydrogen-bond donors (Lipinski definition) is 2. The third-order valence-corrected chi connectivity index (χ3v) is 5.81. The number of nitrogens with zero attached hydrogens (tertiary/aromatic N) is 1. The van der Waals surface area contributed by atoms with Crippen molar-refractivity contribution >= 4 is 5.91 Å². The van der Waals surface area contributed by atoms with Gasteiger partial charge in [0.15, 0.2) is 0 Å². The van der Waals surface area contributed by atoms with Crippen LogP contribution in [0.2, 0.25) is 0 Å². The molecule has 0 unspecified atom stereocenters. The van der Waals surface area contributed by atoms with Crippen molar-refractivity contribution in [2.24, 2.45) is 17.8 Å². The van der Waals surface area contributed by atoms with Gasteiger partial charge in [0.2, 0.25) is 0 Å². The predicted molar refractivity (Wildman–Crippen MR) is 91.5 cm³/mol. The molecule has 1 amide bonds. The van der Waals surface area contributed by atoms with Crippen molar-refractivity contribution in [3.05, 3.63) is 34.9 Å². The number of aliphatic hydroxyl groups excluding tert-OH is 1. The number of hydrogen-bond acceptors (Lipinski definition) is 3. The third-order valence-electron chi connectivity index (χ3n) is 5.81. The molecule has 2 atom stereocenters. The largest absolute Gasteiger partial charge is 0.396 e. The summed E-state index contributed by atoms with van der Waals surface area (Å²) in [6, 6.07) is 5.98. The summed E-state index contributed by atoms with van der Waals surface area (Å²) in [5.41, 5.74) is 3.21. The van der Waals surface area contributed by atoms with Crippen molar-refractivity contribution in [1.82, 2.24) is 10.2 Å². The molecular formula is C19H28N2O2. The smallest absolute Gasteiger partial charge is 0.253 e. The molecule has 126 valence electrons. The van der Waals surface area contributed by atoms with Crippen LogP contribution >= 0.6 is 0 Å². The van der Waals surface area contributed by atoms with E-state index in [0.29, 0.717) is 17.8 Å². The number of aryl methyl sites for hydroxylation is 2. The van der Waals surface area contributed by atoms with Gasteiger partial charge in [-0.1, -0.05) is 6.07 Å². The molecule has 1 aromatic carbocycles. The Labute approximate surface area is 138 Å². The van der Waals surface area contributed by atoms with Crippen molar-refractivity contribution in [3.63, 3.8) is 0 Å². The van der Waals surface area contributed by atoms with Gasteiger partial charge >= 0.3 is 0 Å². The highest BCUT2D eigenvalue weighted by Gasteiger charge is 2.35. The number of benzene rings is 1. The van der Waals surface area contributed by atoms with Crippen LogP contribution in [0.1, 0.15) is 34.3 Å². The van der Waals surface area contributed by atoms with Crippen LogP contribution in [0.4, 0.5) is 0 Å². The zero-order valence-electron chi connectivity index (χ0n) is 14.2. The second-order valence-electron chi connectivity index (χ2n) is 7.19. The summed E-state index contributed by atoms with van der Waals surface area (Å²) in [6.07, 6.45) is 2.11. The van der Waals surface area contributed by atoms with Gasteiger partial charge in [0.1, 0.15) is 0 Å². The van der Waals surface area contributed by atoms with E-state index >= 15 is 0 Å². The summed E-state index contributed by atoms with van der Waals surface area (Å²) in [6.45, 7) is 8.03. The molecule has 2 aliphatic heterocycles. The Bertz CT molecular complexity index is 564. The van der Waals surface area contributed by atoms with Crippen LogP contribution in [0, 0.1) is 31.6 Å². The first-order valence-corrected chi connectivity index (χ1v) is 8.78. The van der Waals surface area contributed by atoms with Gasteiger partial charge in [0.05, 0.1) is 0 Å². The molecular weight excluding hydrogens is 288 g/mol. The van der Waals surface area contributed by atoms with Gasteiger partial charge in [-0.3, -0.25) is 4.79 Å². The second kappa shape index (κ2) is 7.02. The van der Waals surface area contributed by atoms with E-state index in [9.17, 15) is 9.90 Å². The number of carbonyl (C=O) groups excluding carboxylic acids is 1. The van der Waals surface area contributed by atoms with E-state index in [0.717, 1.165) is 44.6 Å². The maximum absolute atomic E-state index is 12.7. The minimum absolute atomic E-state index is 0.162. The normalized spacial score (nSPS) is 25.8. The zero-order chi connectivity index (χ0) is 16.4. The van der Waals surface area contributed by atoms with E-state index in [4.69, 9.17) is 0 Å². The molecule has 0 aromatic heterocycles. The number of nitrogens with one attached hydrogen (secondary N) is 1. The topological polar surface area (TPSA) is 52.6 Å². The van der Waals surface area contributed by atoms with Crippen LogP contribution in [0.25, 0.3) is 0 Å². The lowest BCUT2D eigenvalue weighted by Crippen LogP contribution is -2.41. The van der Waals surface area contributed by atoms with Crippen LogP contribution in [-0.4, -0.2) is 48.7 Å². The number of piperidine rings is 1. The SMILES string of the molecule is Cc1ccc(C(=O)N2CCC([C@@H]3CNC[C@H]3CO)CC2)cc1C. The maximum atomic E-state index is 12.7. The Kier molecular flexibility index (Phi) is 5.02. The van der Waals surface area contributed by atoms with E-state index in [1.807, 2.05) is 23.1 Å². The molecule has 2 N–H and O–H groups in total. The molecule has 4 heteroatoms. The standard InChI is InChI=1S/C19H28N2O2/c1-13-3-4-16(9-14(13)2)19(23)21-7-5-15(6-8-21)18-11-20-10-17(18)12-22/h3-4,9,15,17-18,20,22H,5-8,10-12H2,1-2H3/t17-,18-/m0/s1. The minimum Gasteiger partial charge on any atom is -0.396 e. The summed E-state index contributed by atoms with van der Waals surface area (Å²) in [5.74, 6) is 1.75. The predicted octanol–water partition coefficient (Wildman–Crippen LogP) is 1.98. The van der Waals surface area contributed by atoms with E-state index in [1.165, 1.54) is 11.1 Å². The minimum atomic E-state index is 0.162. The molecule has 1 aromatic rings. The highest BCUT2D eigenvalue weighted by Crippen LogP contribution is 2.32. The summed E-state index contributed by atoms with van der Waals surface area (Å²) >= 11 is 0. The fraction of sp³-hybridized carbons (Fsp3) is 0.632. The fourth-order valence-electron chi connectivity index (χ4n) is 4.09.